The summed E-state index contributed by atoms with van der Waals surface area (Å²) in [6.45, 7) is 9.13. The number of nitrogens with one attached hydrogen (secondary N) is 1. The third-order valence-corrected chi connectivity index (χ3v) is 4.93. The van der Waals surface area contributed by atoms with Gasteiger partial charge < -0.3 is 9.88 Å². The van der Waals surface area contributed by atoms with E-state index in [0.717, 1.165) is 36.5 Å². The molecule has 0 bridgehead atoms. The van der Waals surface area contributed by atoms with E-state index in [1.807, 2.05) is 30.3 Å². The van der Waals surface area contributed by atoms with Gasteiger partial charge in [-0.05, 0) is 37.2 Å². The Hall–Kier alpha value is -2.59. The molecule has 0 unspecified atom stereocenters. The van der Waals surface area contributed by atoms with Gasteiger partial charge in [0, 0.05) is 11.9 Å². The van der Waals surface area contributed by atoms with Gasteiger partial charge >= 0.3 is 0 Å². The smallest absolute Gasteiger partial charge is 0.239 e. The average molecular weight is 349 g/mol. The Bertz CT molecular complexity index is 879. The van der Waals surface area contributed by atoms with E-state index in [1.54, 1.807) is 0 Å². The summed E-state index contributed by atoms with van der Waals surface area (Å²) in [6, 6.07) is 18.7. The summed E-state index contributed by atoms with van der Waals surface area (Å²) in [5, 5.41) is 4.35. The Balaban J connectivity index is 1.96. The van der Waals surface area contributed by atoms with Crippen molar-refractivity contribution in [1.82, 2.24) is 9.47 Å². The van der Waals surface area contributed by atoms with E-state index < -0.39 is 0 Å². The lowest BCUT2D eigenvalue weighted by atomic mass is 10.2. The van der Waals surface area contributed by atoms with E-state index in [-0.39, 0.29) is 5.91 Å². The summed E-state index contributed by atoms with van der Waals surface area (Å²) >= 11 is 0. The fourth-order valence-corrected chi connectivity index (χ4v) is 3.39. The highest BCUT2D eigenvalue weighted by molar-refractivity contribution is 5.98. The molecule has 26 heavy (non-hydrogen) atoms. The van der Waals surface area contributed by atoms with Crippen molar-refractivity contribution in [2.75, 3.05) is 25.0 Å². The highest BCUT2D eigenvalue weighted by Crippen LogP contribution is 2.30. The van der Waals surface area contributed by atoms with Crippen LogP contribution in [0.15, 0.2) is 54.6 Å². The van der Waals surface area contributed by atoms with Crippen LogP contribution in [0.5, 0.6) is 0 Å². The minimum absolute atomic E-state index is 0.0360. The molecule has 1 heterocycles. The number of benzene rings is 2. The van der Waals surface area contributed by atoms with Crippen molar-refractivity contribution in [2.24, 2.45) is 0 Å². The SMILES string of the molecule is CCN(CC)CC(=O)Nc1c(C)c2ccccc2n1Cc1ccccc1. The monoisotopic (exact) mass is 349 g/mol. The van der Waals surface area contributed by atoms with Gasteiger partial charge in [-0.1, -0.05) is 62.4 Å². The third-order valence-electron chi connectivity index (χ3n) is 4.93. The van der Waals surface area contributed by atoms with Crippen LogP contribution >= 0.6 is 0 Å². The molecule has 0 aliphatic carbocycles. The fourth-order valence-electron chi connectivity index (χ4n) is 3.39. The number of aromatic nitrogens is 1. The van der Waals surface area contributed by atoms with Crippen molar-refractivity contribution in [3.8, 4) is 0 Å². The zero-order valence-electron chi connectivity index (χ0n) is 15.8. The number of para-hydroxylation sites is 1. The van der Waals surface area contributed by atoms with Crippen molar-refractivity contribution in [3.05, 3.63) is 65.7 Å². The van der Waals surface area contributed by atoms with E-state index >= 15 is 0 Å². The maximum Gasteiger partial charge on any atom is 0.239 e. The van der Waals surface area contributed by atoms with Crippen molar-refractivity contribution >= 4 is 22.6 Å². The van der Waals surface area contributed by atoms with Crippen molar-refractivity contribution in [2.45, 2.75) is 27.3 Å². The third kappa shape index (κ3) is 3.81. The van der Waals surface area contributed by atoms with Crippen LogP contribution in [-0.4, -0.2) is 35.0 Å². The minimum Gasteiger partial charge on any atom is -0.323 e. The van der Waals surface area contributed by atoms with Gasteiger partial charge in [-0.25, -0.2) is 0 Å². The summed E-state index contributed by atoms with van der Waals surface area (Å²) in [5.74, 6) is 0.932. The largest absolute Gasteiger partial charge is 0.323 e. The molecule has 3 aromatic rings. The molecule has 0 saturated carbocycles. The predicted octanol–water partition coefficient (Wildman–Crippen LogP) is 4.28. The Morgan fingerprint density at radius 1 is 1.00 bits per heavy atom. The van der Waals surface area contributed by atoms with E-state index in [4.69, 9.17) is 0 Å². The lowest BCUT2D eigenvalue weighted by Gasteiger charge is -2.18. The first-order chi connectivity index (χ1) is 12.6. The quantitative estimate of drug-likeness (QED) is 0.691. The molecule has 0 aliphatic rings. The standard InChI is InChI=1S/C22H27N3O/c1-4-24(5-2)16-21(26)23-22-17(3)19-13-9-10-14-20(19)25(22)15-18-11-7-6-8-12-18/h6-14H,4-5,15-16H2,1-3H3,(H,23,26). The Kier molecular flexibility index (Phi) is 5.74. The molecule has 136 valence electrons. The zero-order valence-corrected chi connectivity index (χ0v) is 15.8. The molecule has 4 nitrogen and oxygen atoms in total. The first kappa shape index (κ1) is 18.2. The van der Waals surface area contributed by atoms with Gasteiger partial charge in [-0.2, -0.15) is 0 Å². The van der Waals surface area contributed by atoms with Crippen molar-refractivity contribution < 1.29 is 4.79 Å². The number of hydrogen-bond donors (Lipinski definition) is 1. The number of aryl methyl sites for hydroxylation is 1. The Morgan fingerprint density at radius 2 is 1.65 bits per heavy atom. The van der Waals surface area contributed by atoms with Gasteiger partial charge in [0.2, 0.25) is 5.91 Å². The average Bonchev–Trinajstić information content (AvgIpc) is 2.93. The number of hydrogen-bond acceptors (Lipinski definition) is 2. The van der Waals surface area contributed by atoms with Crippen LogP contribution in [0, 0.1) is 6.92 Å². The van der Waals surface area contributed by atoms with Crippen LogP contribution in [0.2, 0.25) is 0 Å². The normalized spacial score (nSPS) is 11.2. The summed E-state index contributed by atoms with van der Waals surface area (Å²) in [7, 11) is 0. The first-order valence-electron chi connectivity index (χ1n) is 9.28. The molecule has 1 amide bonds. The summed E-state index contributed by atoms with van der Waals surface area (Å²) in [6.07, 6.45) is 0. The fraction of sp³-hybridized carbons (Fsp3) is 0.318. The molecule has 4 heteroatoms. The molecule has 0 atom stereocenters. The number of anilines is 1. The second-order valence-electron chi connectivity index (χ2n) is 6.57. The Morgan fingerprint density at radius 3 is 2.35 bits per heavy atom. The second kappa shape index (κ2) is 8.19. The number of amides is 1. The molecule has 0 fully saturated rings. The molecule has 1 N–H and O–H groups in total. The number of rotatable bonds is 7. The highest BCUT2D eigenvalue weighted by atomic mass is 16.2. The molecule has 0 spiro atoms. The second-order valence-corrected chi connectivity index (χ2v) is 6.57. The number of carbonyl (C=O) groups excluding carboxylic acids is 1. The molecule has 0 saturated heterocycles. The molecule has 0 aliphatic heterocycles. The van der Waals surface area contributed by atoms with Gasteiger partial charge in [0.1, 0.15) is 5.82 Å². The molecule has 0 radical (unpaired) electrons. The predicted molar refractivity (Wildman–Crippen MR) is 109 cm³/mol. The summed E-state index contributed by atoms with van der Waals surface area (Å²) < 4.78 is 2.21. The molecular formula is C22H27N3O. The van der Waals surface area contributed by atoms with Crippen LogP contribution in [0.1, 0.15) is 25.0 Å². The van der Waals surface area contributed by atoms with Crippen LogP contribution in [0.25, 0.3) is 10.9 Å². The lowest BCUT2D eigenvalue weighted by Crippen LogP contribution is -2.33. The number of likely N-dealkylation sites (N-methyl/N-ethyl adjacent to an activating group) is 1. The lowest BCUT2D eigenvalue weighted by molar-refractivity contribution is -0.117. The van der Waals surface area contributed by atoms with Gasteiger partial charge in [0.05, 0.1) is 12.1 Å². The number of nitrogens with zero attached hydrogens (tertiary/aromatic N) is 2. The van der Waals surface area contributed by atoms with E-state index in [0.29, 0.717) is 6.54 Å². The van der Waals surface area contributed by atoms with Crippen molar-refractivity contribution in [3.63, 3.8) is 0 Å². The van der Waals surface area contributed by atoms with Crippen LogP contribution in [0.3, 0.4) is 0 Å². The van der Waals surface area contributed by atoms with Crippen LogP contribution in [0.4, 0.5) is 5.82 Å². The maximum absolute atomic E-state index is 12.6. The highest BCUT2D eigenvalue weighted by Gasteiger charge is 2.17. The van der Waals surface area contributed by atoms with Crippen LogP contribution in [-0.2, 0) is 11.3 Å². The van der Waals surface area contributed by atoms with E-state index in [1.165, 1.54) is 10.9 Å². The minimum atomic E-state index is 0.0360. The first-order valence-corrected chi connectivity index (χ1v) is 9.28. The molecule has 2 aromatic carbocycles. The molecule has 3 rings (SSSR count). The van der Waals surface area contributed by atoms with E-state index in [9.17, 15) is 4.79 Å². The molecule has 1 aromatic heterocycles. The maximum atomic E-state index is 12.6. The van der Waals surface area contributed by atoms with Gasteiger partial charge in [0.15, 0.2) is 0 Å². The van der Waals surface area contributed by atoms with E-state index in [2.05, 4.69) is 59.8 Å². The number of fused-ring (bicyclic) bond motifs is 1. The van der Waals surface area contributed by atoms with Gasteiger partial charge in [-0.3, -0.25) is 9.69 Å². The van der Waals surface area contributed by atoms with Crippen molar-refractivity contribution in [1.29, 1.82) is 0 Å². The summed E-state index contributed by atoms with van der Waals surface area (Å²) in [4.78, 5) is 14.7. The summed E-state index contributed by atoms with van der Waals surface area (Å²) in [5.41, 5.74) is 3.48. The van der Waals surface area contributed by atoms with Gasteiger partial charge in [0.25, 0.3) is 0 Å². The topological polar surface area (TPSA) is 37.3 Å². The van der Waals surface area contributed by atoms with Crippen LogP contribution < -0.4 is 5.32 Å². The van der Waals surface area contributed by atoms with Gasteiger partial charge in [-0.15, -0.1) is 0 Å². The molecular weight excluding hydrogens is 322 g/mol. The zero-order chi connectivity index (χ0) is 18.5. The Labute approximate surface area is 155 Å². The number of carbonyl (C=O) groups is 1.